The molecule has 8 nitrogen and oxygen atoms in total. The van der Waals surface area contributed by atoms with E-state index in [1.54, 1.807) is 18.2 Å². The van der Waals surface area contributed by atoms with Crippen LogP contribution in [0.25, 0.3) is 0 Å². The van der Waals surface area contributed by atoms with Crippen molar-refractivity contribution in [3.05, 3.63) is 64.7 Å². The summed E-state index contributed by atoms with van der Waals surface area (Å²) >= 11 is 6.10. The summed E-state index contributed by atoms with van der Waals surface area (Å²) in [5.74, 6) is -1.22. The molecule has 0 aromatic heterocycles. The van der Waals surface area contributed by atoms with Crippen LogP contribution in [0.4, 0.5) is 5.69 Å². The normalized spacial score (nSPS) is 20.0. The molecule has 0 spiro atoms. The third-order valence-corrected chi connectivity index (χ3v) is 7.37. The smallest absolute Gasteiger partial charge is 0.255 e. The number of anilines is 1. The summed E-state index contributed by atoms with van der Waals surface area (Å²) in [6.07, 6.45) is -0.581. The maximum atomic E-state index is 13.0. The summed E-state index contributed by atoms with van der Waals surface area (Å²) in [5, 5.41) is 33.5. The SMILES string of the molecule is N#Cc1ccccc1N1CCC(CNC(=O)[C@H](O)[C@@H](O)C(=O)N2CCCC2c2cccc(Cl)c2)CC1. The van der Waals surface area contributed by atoms with Gasteiger partial charge in [0, 0.05) is 31.2 Å². The Balaban J connectivity index is 1.27. The molecular formula is C27H31ClN4O4. The molecule has 9 heteroatoms. The Hall–Kier alpha value is -3.12. The predicted molar refractivity (Wildman–Crippen MR) is 136 cm³/mol. The lowest BCUT2D eigenvalue weighted by atomic mass is 9.95. The summed E-state index contributed by atoms with van der Waals surface area (Å²) in [5.41, 5.74) is 2.42. The summed E-state index contributed by atoms with van der Waals surface area (Å²) in [6, 6.07) is 16.7. The highest BCUT2D eigenvalue weighted by atomic mass is 35.5. The molecule has 2 aliphatic rings. The van der Waals surface area contributed by atoms with Crippen LogP contribution < -0.4 is 10.2 Å². The van der Waals surface area contributed by atoms with Crippen LogP contribution in [-0.2, 0) is 9.59 Å². The van der Waals surface area contributed by atoms with E-state index in [-0.39, 0.29) is 12.0 Å². The van der Waals surface area contributed by atoms with Gasteiger partial charge in [0.1, 0.15) is 6.07 Å². The van der Waals surface area contributed by atoms with Crippen LogP contribution in [-0.4, -0.2) is 65.3 Å². The fourth-order valence-electron chi connectivity index (χ4n) is 5.11. The van der Waals surface area contributed by atoms with Gasteiger partial charge in [-0.2, -0.15) is 5.26 Å². The Bertz CT molecular complexity index is 1130. The van der Waals surface area contributed by atoms with Gasteiger partial charge in [-0.1, -0.05) is 35.9 Å². The minimum Gasteiger partial charge on any atom is -0.380 e. The number of carbonyl (C=O) groups excluding carboxylic acids is 2. The largest absolute Gasteiger partial charge is 0.380 e. The molecule has 4 rings (SSSR count). The third-order valence-electron chi connectivity index (χ3n) is 7.13. The average Bonchev–Trinajstić information content (AvgIpc) is 3.41. The molecule has 2 heterocycles. The van der Waals surface area contributed by atoms with Crippen molar-refractivity contribution < 1.29 is 19.8 Å². The fraction of sp³-hybridized carbons (Fsp3) is 0.444. The van der Waals surface area contributed by atoms with Crippen molar-refractivity contribution >= 4 is 29.1 Å². The van der Waals surface area contributed by atoms with Gasteiger partial charge in [-0.15, -0.1) is 0 Å². The monoisotopic (exact) mass is 510 g/mol. The highest BCUT2D eigenvalue weighted by Gasteiger charge is 2.38. The van der Waals surface area contributed by atoms with E-state index in [0.717, 1.165) is 50.0 Å². The standard InChI is InChI=1S/C27H31ClN4O4/c28-21-7-3-6-19(15-21)23-9-4-12-32(23)27(36)25(34)24(33)26(35)30-17-18-10-13-31(14-11-18)22-8-2-1-5-20(22)16-29/h1-3,5-8,15,18,23-25,33-34H,4,9-14,17H2,(H,30,35)/t23?,24-,25-/m1/s1. The first kappa shape index (κ1) is 26.0. The Kier molecular flexibility index (Phi) is 8.47. The van der Waals surface area contributed by atoms with E-state index < -0.39 is 24.0 Å². The minimum absolute atomic E-state index is 0.199. The number of nitrogens with zero attached hydrogens (tertiary/aromatic N) is 3. The molecule has 0 saturated carbocycles. The lowest BCUT2D eigenvalue weighted by molar-refractivity contribution is -0.153. The van der Waals surface area contributed by atoms with E-state index >= 15 is 0 Å². The van der Waals surface area contributed by atoms with E-state index in [1.165, 1.54) is 4.90 Å². The molecule has 2 aliphatic heterocycles. The van der Waals surface area contributed by atoms with Crippen molar-refractivity contribution in [3.8, 4) is 6.07 Å². The van der Waals surface area contributed by atoms with E-state index in [0.29, 0.717) is 23.7 Å². The van der Waals surface area contributed by atoms with Gasteiger partial charge in [0.15, 0.2) is 12.2 Å². The van der Waals surface area contributed by atoms with Gasteiger partial charge in [0.2, 0.25) is 0 Å². The van der Waals surface area contributed by atoms with E-state index in [4.69, 9.17) is 11.6 Å². The summed E-state index contributed by atoms with van der Waals surface area (Å²) in [4.78, 5) is 29.2. The van der Waals surface area contributed by atoms with E-state index in [9.17, 15) is 25.1 Å². The van der Waals surface area contributed by atoms with Crippen molar-refractivity contribution in [3.63, 3.8) is 0 Å². The van der Waals surface area contributed by atoms with Crippen LogP contribution in [0.2, 0.25) is 5.02 Å². The highest BCUT2D eigenvalue weighted by Crippen LogP contribution is 2.33. The molecular weight excluding hydrogens is 480 g/mol. The van der Waals surface area contributed by atoms with E-state index in [2.05, 4.69) is 16.3 Å². The molecule has 2 fully saturated rings. The molecule has 2 saturated heterocycles. The second kappa shape index (κ2) is 11.7. The molecule has 2 aromatic carbocycles. The summed E-state index contributed by atoms with van der Waals surface area (Å²) in [6.45, 7) is 2.29. The number of halogens is 1. The number of aliphatic hydroxyl groups excluding tert-OH is 2. The number of hydrogen-bond donors (Lipinski definition) is 3. The number of para-hydroxylation sites is 1. The lowest BCUT2D eigenvalue weighted by Crippen LogP contribution is -2.51. The molecule has 2 aromatic rings. The number of nitriles is 1. The van der Waals surface area contributed by atoms with Crippen LogP contribution in [0, 0.1) is 17.2 Å². The zero-order chi connectivity index (χ0) is 25.7. The first-order valence-corrected chi connectivity index (χ1v) is 12.7. The van der Waals surface area contributed by atoms with Crippen LogP contribution in [0.15, 0.2) is 48.5 Å². The van der Waals surface area contributed by atoms with E-state index in [1.807, 2.05) is 30.3 Å². The number of aliphatic hydroxyl groups is 2. The molecule has 2 amide bonds. The molecule has 0 radical (unpaired) electrons. The Morgan fingerprint density at radius 2 is 1.81 bits per heavy atom. The maximum Gasteiger partial charge on any atom is 0.255 e. The first-order chi connectivity index (χ1) is 17.4. The number of hydrogen-bond acceptors (Lipinski definition) is 6. The number of amides is 2. The van der Waals surface area contributed by atoms with Gasteiger partial charge < -0.3 is 25.3 Å². The molecule has 0 aliphatic carbocycles. The molecule has 3 atom stereocenters. The second-order valence-corrected chi connectivity index (χ2v) is 9.88. The quantitative estimate of drug-likeness (QED) is 0.527. The van der Waals surface area contributed by atoms with Gasteiger partial charge >= 0.3 is 0 Å². The molecule has 190 valence electrons. The first-order valence-electron chi connectivity index (χ1n) is 12.3. The highest BCUT2D eigenvalue weighted by molar-refractivity contribution is 6.30. The van der Waals surface area contributed by atoms with Gasteiger partial charge in [-0.3, -0.25) is 9.59 Å². The van der Waals surface area contributed by atoms with Gasteiger partial charge in [-0.25, -0.2) is 0 Å². The van der Waals surface area contributed by atoms with Gasteiger partial charge in [0.05, 0.1) is 17.3 Å². The van der Waals surface area contributed by atoms with Crippen LogP contribution in [0.5, 0.6) is 0 Å². The second-order valence-electron chi connectivity index (χ2n) is 9.44. The summed E-state index contributed by atoms with van der Waals surface area (Å²) < 4.78 is 0. The number of nitrogens with one attached hydrogen (secondary N) is 1. The number of likely N-dealkylation sites (tertiary alicyclic amines) is 1. The predicted octanol–water partition coefficient (Wildman–Crippen LogP) is 2.63. The third kappa shape index (κ3) is 5.81. The molecule has 36 heavy (non-hydrogen) atoms. The lowest BCUT2D eigenvalue weighted by Gasteiger charge is -2.34. The van der Waals surface area contributed by atoms with Crippen LogP contribution in [0.3, 0.4) is 0 Å². The van der Waals surface area contributed by atoms with Crippen molar-refractivity contribution in [2.75, 3.05) is 31.1 Å². The van der Waals surface area contributed by atoms with Crippen molar-refractivity contribution in [1.82, 2.24) is 10.2 Å². The number of carbonyl (C=O) groups is 2. The van der Waals surface area contributed by atoms with Crippen molar-refractivity contribution in [2.45, 2.75) is 43.9 Å². The molecule has 1 unspecified atom stereocenters. The number of piperidine rings is 1. The molecule has 0 bridgehead atoms. The summed E-state index contributed by atoms with van der Waals surface area (Å²) in [7, 11) is 0. The van der Waals surface area contributed by atoms with Crippen LogP contribution >= 0.6 is 11.6 Å². The van der Waals surface area contributed by atoms with Gasteiger partial charge in [0.25, 0.3) is 11.8 Å². The zero-order valence-electron chi connectivity index (χ0n) is 20.0. The van der Waals surface area contributed by atoms with Crippen molar-refractivity contribution in [1.29, 1.82) is 5.26 Å². The van der Waals surface area contributed by atoms with Crippen LogP contribution in [0.1, 0.15) is 42.9 Å². The number of rotatable bonds is 7. The van der Waals surface area contributed by atoms with Crippen molar-refractivity contribution in [2.24, 2.45) is 5.92 Å². The average molecular weight is 511 g/mol. The Morgan fingerprint density at radius 1 is 1.06 bits per heavy atom. The zero-order valence-corrected chi connectivity index (χ0v) is 20.8. The van der Waals surface area contributed by atoms with Gasteiger partial charge in [-0.05, 0) is 61.4 Å². The maximum absolute atomic E-state index is 13.0. The number of benzene rings is 2. The fourth-order valence-corrected chi connectivity index (χ4v) is 5.31. The topological polar surface area (TPSA) is 117 Å². The molecule has 3 N–H and O–H groups in total. The Morgan fingerprint density at radius 3 is 2.53 bits per heavy atom. The minimum atomic E-state index is -1.85. The Labute approximate surface area is 216 Å².